The van der Waals surface area contributed by atoms with Gasteiger partial charge in [0, 0.05) is 29.5 Å². The second-order valence-electron chi connectivity index (χ2n) is 8.27. The van der Waals surface area contributed by atoms with Crippen LogP contribution in [0.25, 0.3) is 0 Å². The monoisotopic (exact) mass is 504 g/mol. The van der Waals surface area contributed by atoms with Crippen LogP contribution < -0.4 is 10.2 Å². The fourth-order valence-electron chi connectivity index (χ4n) is 4.12. The van der Waals surface area contributed by atoms with Gasteiger partial charge in [-0.05, 0) is 68.3 Å². The number of imide groups is 1. The second-order valence-corrected chi connectivity index (χ2v) is 10.6. The highest BCUT2D eigenvalue weighted by molar-refractivity contribution is 7.89. The summed E-state index contributed by atoms with van der Waals surface area (Å²) in [6.45, 7) is 2.14. The van der Waals surface area contributed by atoms with Gasteiger partial charge in [-0.2, -0.15) is 4.31 Å². The van der Waals surface area contributed by atoms with Crippen LogP contribution in [0.2, 0.25) is 5.02 Å². The molecular formula is C23H25ClN4O5S. The topological polar surface area (TPSA) is 107 Å². The van der Waals surface area contributed by atoms with E-state index in [4.69, 9.17) is 11.6 Å². The number of nitrogens with zero attached hydrogens (tertiary/aromatic N) is 3. The van der Waals surface area contributed by atoms with Crippen molar-refractivity contribution in [2.24, 2.45) is 0 Å². The number of hydrogen-bond donors (Lipinski definition) is 1. The number of sulfonamides is 1. The third-order valence-corrected chi connectivity index (χ3v) is 8.11. The summed E-state index contributed by atoms with van der Waals surface area (Å²) in [6.07, 6.45) is 2.71. The number of halogens is 1. The molecule has 0 bridgehead atoms. The number of anilines is 2. The third kappa shape index (κ3) is 4.79. The van der Waals surface area contributed by atoms with Crippen molar-refractivity contribution in [3.63, 3.8) is 0 Å². The predicted octanol–water partition coefficient (Wildman–Crippen LogP) is 3.31. The number of rotatable bonds is 6. The average Bonchev–Trinajstić information content (AvgIpc) is 3.04. The van der Waals surface area contributed by atoms with Crippen LogP contribution in [0.4, 0.5) is 16.2 Å². The van der Waals surface area contributed by atoms with Crippen molar-refractivity contribution in [2.75, 3.05) is 29.9 Å². The Bertz CT molecular complexity index is 1190. The Balaban J connectivity index is 1.41. The Hall–Kier alpha value is -2.95. The van der Waals surface area contributed by atoms with Gasteiger partial charge >= 0.3 is 6.03 Å². The van der Waals surface area contributed by atoms with Crippen LogP contribution in [-0.4, -0.2) is 61.1 Å². The summed E-state index contributed by atoms with van der Waals surface area (Å²) < 4.78 is 27.0. The molecule has 0 radical (unpaired) electrons. The fourth-order valence-corrected chi connectivity index (χ4v) is 5.76. The maximum Gasteiger partial charge on any atom is 0.332 e. The number of amides is 4. The Morgan fingerprint density at radius 3 is 2.24 bits per heavy atom. The summed E-state index contributed by atoms with van der Waals surface area (Å²) in [4.78, 5) is 40.4. The van der Waals surface area contributed by atoms with E-state index in [2.05, 4.69) is 5.32 Å². The second kappa shape index (κ2) is 9.73. The molecule has 0 saturated carbocycles. The van der Waals surface area contributed by atoms with Crippen molar-refractivity contribution >= 4 is 50.8 Å². The molecule has 180 valence electrons. The van der Waals surface area contributed by atoms with Gasteiger partial charge in [-0.25, -0.2) is 13.2 Å². The smallest absolute Gasteiger partial charge is 0.325 e. The van der Waals surface area contributed by atoms with E-state index < -0.39 is 40.5 Å². The van der Waals surface area contributed by atoms with Crippen LogP contribution in [0, 0.1) is 0 Å². The Morgan fingerprint density at radius 2 is 1.62 bits per heavy atom. The van der Waals surface area contributed by atoms with Gasteiger partial charge < -0.3 is 5.32 Å². The normalized spacial score (nSPS) is 19.5. The van der Waals surface area contributed by atoms with E-state index in [0.29, 0.717) is 29.5 Å². The number of urea groups is 1. The van der Waals surface area contributed by atoms with Crippen LogP contribution in [0.3, 0.4) is 0 Å². The molecule has 9 nitrogen and oxygen atoms in total. The molecule has 2 aromatic rings. The van der Waals surface area contributed by atoms with Gasteiger partial charge in [-0.3, -0.25) is 19.4 Å². The molecule has 4 amide bonds. The van der Waals surface area contributed by atoms with Crippen molar-refractivity contribution in [1.82, 2.24) is 9.21 Å². The lowest BCUT2D eigenvalue weighted by Gasteiger charge is -2.25. The molecule has 2 saturated heterocycles. The lowest BCUT2D eigenvalue weighted by atomic mass is 10.2. The van der Waals surface area contributed by atoms with E-state index in [1.165, 1.54) is 33.5 Å². The SMILES string of the molecule is C[C@@H]1C(=O)N(CC(=O)Nc2ccc(S(=O)(=O)N3CCCCC3)cc2)C(=O)N1c1ccc(Cl)cc1. The van der Waals surface area contributed by atoms with E-state index in [-0.39, 0.29) is 4.90 Å². The van der Waals surface area contributed by atoms with Crippen molar-refractivity contribution < 1.29 is 22.8 Å². The lowest BCUT2D eigenvalue weighted by Crippen LogP contribution is -2.39. The van der Waals surface area contributed by atoms with Gasteiger partial charge in [0.15, 0.2) is 0 Å². The quantitative estimate of drug-likeness (QED) is 0.607. The van der Waals surface area contributed by atoms with E-state index in [0.717, 1.165) is 24.2 Å². The van der Waals surface area contributed by atoms with E-state index in [1.54, 1.807) is 31.2 Å². The maximum absolute atomic E-state index is 12.9. The average molecular weight is 505 g/mol. The largest absolute Gasteiger partial charge is 0.332 e. The molecule has 0 aliphatic carbocycles. The highest BCUT2D eigenvalue weighted by Gasteiger charge is 2.44. The Kier molecular flexibility index (Phi) is 6.92. The number of carbonyl (C=O) groups is 3. The summed E-state index contributed by atoms with van der Waals surface area (Å²) in [7, 11) is -3.57. The minimum atomic E-state index is -3.57. The summed E-state index contributed by atoms with van der Waals surface area (Å²) in [5.74, 6) is -1.06. The molecule has 0 spiro atoms. The number of nitrogens with one attached hydrogen (secondary N) is 1. The molecule has 2 aliphatic heterocycles. The van der Waals surface area contributed by atoms with Crippen LogP contribution in [0.15, 0.2) is 53.4 Å². The minimum Gasteiger partial charge on any atom is -0.325 e. The standard InChI is InChI=1S/C23H25ClN4O5S/c1-16-22(30)27(23(31)28(16)19-9-5-17(24)6-10-19)15-21(29)25-18-7-11-20(12-8-18)34(32,33)26-13-3-2-4-14-26/h5-12,16H,2-4,13-15H2,1H3,(H,25,29)/t16-/m1/s1. The molecule has 2 aromatic carbocycles. The predicted molar refractivity (Wildman–Crippen MR) is 128 cm³/mol. The Morgan fingerprint density at radius 1 is 1.00 bits per heavy atom. The van der Waals surface area contributed by atoms with E-state index in [1.807, 2.05) is 0 Å². The summed E-state index contributed by atoms with van der Waals surface area (Å²) in [5.41, 5.74) is 0.868. The minimum absolute atomic E-state index is 0.157. The summed E-state index contributed by atoms with van der Waals surface area (Å²) in [6, 6.07) is 11.0. The van der Waals surface area contributed by atoms with Gasteiger partial charge in [0.1, 0.15) is 12.6 Å². The van der Waals surface area contributed by atoms with Crippen molar-refractivity contribution in [3.05, 3.63) is 53.6 Å². The zero-order valence-corrected chi connectivity index (χ0v) is 20.2. The van der Waals surface area contributed by atoms with Gasteiger partial charge in [0.2, 0.25) is 15.9 Å². The number of hydrogen-bond acceptors (Lipinski definition) is 5. The zero-order chi connectivity index (χ0) is 24.5. The first kappa shape index (κ1) is 24.2. The first-order valence-electron chi connectivity index (χ1n) is 11.0. The molecule has 2 heterocycles. The first-order valence-corrected chi connectivity index (χ1v) is 12.8. The van der Waals surface area contributed by atoms with Gasteiger partial charge in [-0.1, -0.05) is 18.0 Å². The third-order valence-electron chi connectivity index (χ3n) is 5.95. The van der Waals surface area contributed by atoms with Crippen LogP contribution in [0.5, 0.6) is 0 Å². The molecule has 0 aromatic heterocycles. The van der Waals surface area contributed by atoms with E-state index in [9.17, 15) is 22.8 Å². The van der Waals surface area contributed by atoms with Crippen molar-refractivity contribution in [2.45, 2.75) is 37.1 Å². The molecule has 1 N–H and O–H groups in total. The van der Waals surface area contributed by atoms with Gasteiger partial charge in [0.05, 0.1) is 4.90 Å². The molecule has 2 aliphatic rings. The first-order chi connectivity index (χ1) is 16.2. The van der Waals surface area contributed by atoms with E-state index >= 15 is 0 Å². The van der Waals surface area contributed by atoms with Crippen LogP contribution in [0.1, 0.15) is 26.2 Å². The zero-order valence-electron chi connectivity index (χ0n) is 18.6. The lowest BCUT2D eigenvalue weighted by molar-refractivity contribution is -0.130. The number of benzene rings is 2. The maximum atomic E-state index is 12.9. The Labute approximate surface area is 203 Å². The van der Waals surface area contributed by atoms with Crippen molar-refractivity contribution in [3.8, 4) is 0 Å². The summed E-state index contributed by atoms with van der Waals surface area (Å²) in [5, 5.41) is 3.12. The molecular weight excluding hydrogens is 480 g/mol. The molecule has 1 atom stereocenters. The molecule has 2 fully saturated rings. The highest BCUT2D eigenvalue weighted by Crippen LogP contribution is 2.27. The molecule has 4 rings (SSSR count). The van der Waals surface area contributed by atoms with Gasteiger partial charge in [0.25, 0.3) is 5.91 Å². The molecule has 11 heteroatoms. The summed E-state index contributed by atoms with van der Waals surface area (Å²) >= 11 is 5.90. The highest BCUT2D eigenvalue weighted by atomic mass is 35.5. The fraction of sp³-hybridized carbons (Fsp3) is 0.348. The number of piperidine rings is 1. The van der Waals surface area contributed by atoms with Crippen LogP contribution >= 0.6 is 11.6 Å². The van der Waals surface area contributed by atoms with Crippen molar-refractivity contribution in [1.29, 1.82) is 0 Å². The molecule has 34 heavy (non-hydrogen) atoms. The van der Waals surface area contributed by atoms with Gasteiger partial charge in [-0.15, -0.1) is 0 Å². The van der Waals surface area contributed by atoms with Crippen LogP contribution in [-0.2, 0) is 19.6 Å². The molecule has 0 unspecified atom stereocenters. The number of carbonyl (C=O) groups excluding carboxylic acids is 3.